The van der Waals surface area contributed by atoms with E-state index in [2.05, 4.69) is 4.98 Å². The lowest BCUT2D eigenvalue weighted by Crippen LogP contribution is -2.37. The molecule has 6 heteroatoms. The van der Waals surface area contributed by atoms with Crippen LogP contribution in [-0.4, -0.2) is 30.1 Å². The molecule has 128 valence electrons. The summed E-state index contributed by atoms with van der Waals surface area (Å²) in [5.41, 5.74) is 1.28. The second-order valence-corrected chi connectivity index (χ2v) is 6.05. The molecule has 3 aromatic rings. The summed E-state index contributed by atoms with van der Waals surface area (Å²) in [6.07, 6.45) is 6.55. The Morgan fingerprint density at radius 1 is 1.28 bits per heavy atom. The van der Waals surface area contributed by atoms with Crippen LogP contribution >= 0.6 is 0 Å². The van der Waals surface area contributed by atoms with Crippen LogP contribution in [-0.2, 0) is 4.74 Å². The van der Waals surface area contributed by atoms with Gasteiger partial charge in [0.25, 0.3) is 5.91 Å². The molecule has 1 atom stereocenters. The van der Waals surface area contributed by atoms with Crippen molar-refractivity contribution >= 4 is 22.6 Å². The molecule has 1 aliphatic rings. The van der Waals surface area contributed by atoms with Crippen molar-refractivity contribution in [2.75, 3.05) is 18.1 Å². The number of furan rings is 1. The summed E-state index contributed by atoms with van der Waals surface area (Å²) in [6, 6.07) is 7.73. The molecule has 0 bridgehead atoms. The number of nitrogens with zero attached hydrogens (tertiary/aromatic N) is 2. The molecule has 1 unspecified atom stereocenters. The number of aromatic nitrogens is 1. The molecule has 5 nitrogen and oxygen atoms in total. The molecule has 3 heterocycles. The van der Waals surface area contributed by atoms with Crippen LogP contribution in [0, 0.1) is 5.82 Å². The number of carbonyl (C=O) groups excluding carboxylic acids is 1. The number of benzene rings is 1. The van der Waals surface area contributed by atoms with Crippen molar-refractivity contribution in [3.63, 3.8) is 0 Å². The van der Waals surface area contributed by atoms with E-state index in [1.807, 2.05) is 0 Å². The highest BCUT2D eigenvalue weighted by atomic mass is 19.1. The number of halogens is 1. The molecule has 1 amide bonds. The van der Waals surface area contributed by atoms with Gasteiger partial charge < -0.3 is 14.1 Å². The van der Waals surface area contributed by atoms with E-state index >= 15 is 0 Å². The maximum atomic E-state index is 14.0. The van der Waals surface area contributed by atoms with Crippen LogP contribution in [0.3, 0.4) is 0 Å². The first-order valence-electron chi connectivity index (χ1n) is 8.22. The summed E-state index contributed by atoms with van der Waals surface area (Å²) in [4.78, 5) is 18.8. The van der Waals surface area contributed by atoms with Crippen LogP contribution in [0.1, 0.15) is 23.2 Å². The molecule has 0 radical (unpaired) electrons. The van der Waals surface area contributed by atoms with Gasteiger partial charge in [-0.2, -0.15) is 0 Å². The average molecular weight is 340 g/mol. The SMILES string of the molecule is O=C(c1cc(F)cc2ccoc12)N(CC1CCCO1)c1ccncc1. The predicted octanol–water partition coefficient (Wildman–Crippen LogP) is 3.79. The Bertz CT molecular complexity index is 888. The molecule has 1 fully saturated rings. The van der Waals surface area contributed by atoms with E-state index in [0.717, 1.165) is 12.8 Å². The van der Waals surface area contributed by atoms with Crippen LogP contribution in [0.2, 0.25) is 0 Å². The van der Waals surface area contributed by atoms with E-state index < -0.39 is 5.82 Å². The van der Waals surface area contributed by atoms with E-state index in [4.69, 9.17) is 9.15 Å². The maximum Gasteiger partial charge on any atom is 0.262 e. The summed E-state index contributed by atoms with van der Waals surface area (Å²) in [5, 5.41) is 0.565. The van der Waals surface area contributed by atoms with Gasteiger partial charge in [-0.15, -0.1) is 0 Å². The summed E-state index contributed by atoms with van der Waals surface area (Å²) in [7, 11) is 0. The fourth-order valence-electron chi connectivity index (χ4n) is 3.17. The molecule has 1 aliphatic heterocycles. The highest BCUT2D eigenvalue weighted by Gasteiger charge is 2.27. The van der Waals surface area contributed by atoms with Gasteiger partial charge in [-0.3, -0.25) is 9.78 Å². The molecule has 2 aromatic heterocycles. The topological polar surface area (TPSA) is 55.6 Å². The first-order valence-corrected chi connectivity index (χ1v) is 8.22. The monoisotopic (exact) mass is 340 g/mol. The third kappa shape index (κ3) is 3.13. The van der Waals surface area contributed by atoms with Gasteiger partial charge in [0.15, 0.2) is 0 Å². The number of rotatable bonds is 4. The van der Waals surface area contributed by atoms with Crippen molar-refractivity contribution in [3.8, 4) is 0 Å². The molecule has 0 N–H and O–H groups in total. The molecule has 1 saturated heterocycles. The second kappa shape index (κ2) is 6.64. The number of carbonyl (C=O) groups is 1. The van der Waals surface area contributed by atoms with Crippen molar-refractivity contribution in [2.24, 2.45) is 0 Å². The predicted molar refractivity (Wildman–Crippen MR) is 91.1 cm³/mol. The Kier molecular flexibility index (Phi) is 4.19. The molecule has 25 heavy (non-hydrogen) atoms. The third-order valence-electron chi connectivity index (χ3n) is 4.38. The Hall–Kier alpha value is -2.73. The summed E-state index contributed by atoms with van der Waals surface area (Å²) >= 11 is 0. The number of fused-ring (bicyclic) bond motifs is 1. The van der Waals surface area contributed by atoms with Gasteiger partial charge in [0.1, 0.15) is 11.4 Å². The van der Waals surface area contributed by atoms with E-state index in [-0.39, 0.29) is 17.6 Å². The first kappa shape index (κ1) is 15.8. The Morgan fingerprint density at radius 3 is 2.88 bits per heavy atom. The fourth-order valence-corrected chi connectivity index (χ4v) is 3.17. The van der Waals surface area contributed by atoms with E-state index in [1.54, 1.807) is 35.5 Å². The van der Waals surface area contributed by atoms with Gasteiger partial charge in [-0.25, -0.2) is 4.39 Å². The standard InChI is InChI=1S/C19H17FN2O3/c20-14-10-13-5-9-25-18(13)17(11-14)19(23)22(12-16-2-1-8-24-16)15-3-6-21-7-4-15/h3-7,9-11,16H,1-2,8,12H2. The number of amides is 1. The first-order chi connectivity index (χ1) is 12.2. The summed E-state index contributed by atoms with van der Waals surface area (Å²) < 4.78 is 25.1. The lowest BCUT2D eigenvalue weighted by atomic mass is 10.1. The largest absolute Gasteiger partial charge is 0.464 e. The molecular weight excluding hydrogens is 323 g/mol. The van der Waals surface area contributed by atoms with Crippen molar-refractivity contribution < 1.29 is 18.3 Å². The molecule has 0 aliphatic carbocycles. The summed E-state index contributed by atoms with van der Waals surface area (Å²) in [6.45, 7) is 1.10. The van der Waals surface area contributed by atoms with Crippen molar-refractivity contribution in [1.82, 2.24) is 4.98 Å². The quantitative estimate of drug-likeness (QED) is 0.725. The zero-order valence-electron chi connectivity index (χ0n) is 13.5. The minimum atomic E-state index is -0.468. The zero-order chi connectivity index (χ0) is 17.2. The third-order valence-corrected chi connectivity index (χ3v) is 4.38. The van der Waals surface area contributed by atoms with Gasteiger partial charge >= 0.3 is 0 Å². The minimum Gasteiger partial charge on any atom is -0.464 e. The average Bonchev–Trinajstić information content (AvgIpc) is 3.30. The van der Waals surface area contributed by atoms with Crippen molar-refractivity contribution in [2.45, 2.75) is 18.9 Å². The van der Waals surface area contributed by atoms with E-state index in [9.17, 15) is 9.18 Å². The Morgan fingerprint density at radius 2 is 2.12 bits per heavy atom. The zero-order valence-corrected chi connectivity index (χ0v) is 13.5. The maximum absolute atomic E-state index is 14.0. The number of pyridine rings is 1. The highest BCUT2D eigenvalue weighted by molar-refractivity contribution is 6.12. The van der Waals surface area contributed by atoms with E-state index in [0.29, 0.717) is 29.8 Å². The lowest BCUT2D eigenvalue weighted by molar-refractivity contribution is 0.0917. The van der Waals surface area contributed by atoms with Gasteiger partial charge in [-0.1, -0.05) is 0 Å². The molecule has 1 aromatic carbocycles. The van der Waals surface area contributed by atoms with Gasteiger partial charge in [0, 0.05) is 30.1 Å². The Balaban J connectivity index is 1.74. The lowest BCUT2D eigenvalue weighted by Gasteiger charge is -2.25. The Labute approximate surface area is 144 Å². The second-order valence-electron chi connectivity index (χ2n) is 6.05. The molecular formula is C19H17FN2O3. The van der Waals surface area contributed by atoms with Gasteiger partial charge in [0.2, 0.25) is 0 Å². The number of ether oxygens (including phenoxy) is 1. The molecule has 4 rings (SSSR count). The van der Waals surface area contributed by atoms with Gasteiger partial charge in [0.05, 0.1) is 24.5 Å². The number of hydrogen-bond donors (Lipinski definition) is 0. The van der Waals surface area contributed by atoms with Crippen molar-refractivity contribution in [1.29, 1.82) is 0 Å². The highest BCUT2D eigenvalue weighted by Crippen LogP contribution is 2.26. The minimum absolute atomic E-state index is 0.0298. The number of hydrogen-bond acceptors (Lipinski definition) is 4. The van der Waals surface area contributed by atoms with Gasteiger partial charge in [-0.05, 0) is 43.2 Å². The fraction of sp³-hybridized carbons (Fsp3) is 0.263. The summed E-state index contributed by atoms with van der Waals surface area (Å²) in [5.74, 6) is -0.787. The van der Waals surface area contributed by atoms with Crippen LogP contribution in [0.25, 0.3) is 11.0 Å². The van der Waals surface area contributed by atoms with Crippen LogP contribution < -0.4 is 4.90 Å². The van der Waals surface area contributed by atoms with E-state index in [1.165, 1.54) is 18.4 Å². The normalized spacial score (nSPS) is 17.1. The van der Waals surface area contributed by atoms with Crippen LogP contribution in [0.5, 0.6) is 0 Å². The number of anilines is 1. The molecule has 0 spiro atoms. The smallest absolute Gasteiger partial charge is 0.262 e. The van der Waals surface area contributed by atoms with Crippen LogP contribution in [0.4, 0.5) is 10.1 Å². The van der Waals surface area contributed by atoms with Crippen molar-refractivity contribution in [3.05, 3.63) is 60.4 Å². The van der Waals surface area contributed by atoms with Crippen LogP contribution in [0.15, 0.2) is 53.4 Å². The molecule has 0 saturated carbocycles.